The smallest absolute Gasteiger partial charge is 0.348 e. The fraction of sp³-hybridized carbons (Fsp3) is 0.0909. The van der Waals surface area contributed by atoms with Crippen LogP contribution in [0.4, 0.5) is 5.69 Å². The van der Waals surface area contributed by atoms with Crippen LogP contribution in [0.5, 0.6) is 0 Å². The molecular formula is C11H8ClNO3S2. The summed E-state index contributed by atoms with van der Waals surface area (Å²) in [5, 5.41) is 15.4. The van der Waals surface area contributed by atoms with E-state index in [1.165, 1.54) is 11.3 Å². The molecule has 18 heavy (non-hydrogen) atoms. The predicted molar refractivity (Wildman–Crippen MR) is 73.3 cm³/mol. The number of nitrogens with one attached hydrogen (secondary N) is 1. The molecule has 4 nitrogen and oxygen atoms in total. The Morgan fingerprint density at radius 3 is 2.61 bits per heavy atom. The molecule has 0 saturated carbocycles. The van der Waals surface area contributed by atoms with Gasteiger partial charge in [0.1, 0.15) is 9.75 Å². The van der Waals surface area contributed by atoms with Crippen LogP contribution < -0.4 is 5.32 Å². The molecule has 0 radical (unpaired) electrons. The number of thiophene rings is 2. The fourth-order valence-corrected chi connectivity index (χ4v) is 3.26. The largest absolute Gasteiger partial charge is 0.477 e. The molecule has 0 spiro atoms. The number of carbonyl (C=O) groups is 2. The Hall–Kier alpha value is -1.37. The van der Waals surface area contributed by atoms with Gasteiger partial charge in [0.25, 0.3) is 5.91 Å². The third-order valence-electron chi connectivity index (χ3n) is 2.23. The van der Waals surface area contributed by atoms with Gasteiger partial charge in [0.15, 0.2) is 0 Å². The molecule has 0 bridgehead atoms. The SMILES string of the molecule is Cc1csc(C(=O)O)c1NC(=O)c1sccc1Cl. The van der Waals surface area contributed by atoms with Crippen molar-refractivity contribution in [3.05, 3.63) is 37.2 Å². The Morgan fingerprint density at radius 1 is 1.33 bits per heavy atom. The number of aryl methyl sites for hydroxylation is 1. The summed E-state index contributed by atoms with van der Waals surface area (Å²) in [6.07, 6.45) is 0. The quantitative estimate of drug-likeness (QED) is 0.908. The van der Waals surface area contributed by atoms with E-state index in [1.807, 2.05) is 0 Å². The van der Waals surface area contributed by atoms with Gasteiger partial charge in [-0.05, 0) is 29.3 Å². The normalized spacial score (nSPS) is 10.3. The first kappa shape index (κ1) is 13.1. The number of carbonyl (C=O) groups excluding carboxylic acids is 1. The second kappa shape index (κ2) is 5.09. The van der Waals surface area contributed by atoms with E-state index in [1.54, 1.807) is 23.8 Å². The van der Waals surface area contributed by atoms with Crippen molar-refractivity contribution < 1.29 is 14.7 Å². The summed E-state index contributed by atoms with van der Waals surface area (Å²) in [5.74, 6) is -1.44. The van der Waals surface area contributed by atoms with Crippen LogP contribution >= 0.6 is 34.3 Å². The molecule has 0 atom stereocenters. The van der Waals surface area contributed by atoms with Crippen LogP contribution in [0.15, 0.2) is 16.8 Å². The first-order chi connectivity index (χ1) is 8.50. The Kier molecular flexibility index (Phi) is 3.70. The molecule has 2 N–H and O–H groups in total. The molecule has 0 aliphatic carbocycles. The van der Waals surface area contributed by atoms with E-state index < -0.39 is 5.97 Å². The van der Waals surface area contributed by atoms with Crippen molar-refractivity contribution in [3.63, 3.8) is 0 Å². The Bertz CT molecular complexity index is 618. The third kappa shape index (κ3) is 2.40. The van der Waals surface area contributed by atoms with Gasteiger partial charge >= 0.3 is 5.97 Å². The van der Waals surface area contributed by atoms with E-state index in [-0.39, 0.29) is 10.8 Å². The highest BCUT2D eigenvalue weighted by Crippen LogP contribution is 2.29. The molecule has 0 aliphatic rings. The Balaban J connectivity index is 2.30. The molecule has 0 aromatic carbocycles. The van der Waals surface area contributed by atoms with Crippen molar-refractivity contribution in [1.29, 1.82) is 0 Å². The van der Waals surface area contributed by atoms with Crippen LogP contribution in [-0.2, 0) is 0 Å². The van der Waals surface area contributed by atoms with Crippen molar-refractivity contribution in [2.75, 3.05) is 5.32 Å². The van der Waals surface area contributed by atoms with Crippen LogP contribution in [0.25, 0.3) is 0 Å². The minimum atomic E-state index is -1.05. The highest BCUT2D eigenvalue weighted by atomic mass is 35.5. The van der Waals surface area contributed by atoms with Gasteiger partial charge in [0.05, 0.1) is 10.7 Å². The molecule has 1 amide bonds. The Labute approximate surface area is 116 Å². The second-order valence-electron chi connectivity index (χ2n) is 3.48. The summed E-state index contributed by atoms with van der Waals surface area (Å²) in [7, 11) is 0. The number of anilines is 1. The van der Waals surface area contributed by atoms with Gasteiger partial charge < -0.3 is 10.4 Å². The van der Waals surface area contributed by atoms with E-state index in [2.05, 4.69) is 5.32 Å². The van der Waals surface area contributed by atoms with Gasteiger partial charge in [-0.15, -0.1) is 22.7 Å². The van der Waals surface area contributed by atoms with Gasteiger partial charge in [-0.1, -0.05) is 11.6 Å². The van der Waals surface area contributed by atoms with E-state index in [4.69, 9.17) is 16.7 Å². The molecule has 0 unspecified atom stereocenters. The van der Waals surface area contributed by atoms with Gasteiger partial charge in [-0.25, -0.2) is 4.79 Å². The summed E-state index contributed by atoms with van der Waals surface area (Å²) in [6, 6.07) is 1.62. The summed E-state index contributed by atoms with van der Waals surface area (Å²) >= 11 is 8.15. The number of halogens is 1. The Morgan fingerprint density at radius 2 is 2.06 bits per heavy atom. The molecule has 2 aromatic rings. The molecule has 0 fully saturated rings. The maximum Gasteiger partial charge on any atom is 0.348 e. The zero-order chi connectivity index (χ0) is 13.3. The van der Waals surface area contributed by atoms with Crippen LogP contribution in [0.3, 0.4) is 0 Å². The number of aromatic carboxylic acids is 1. The van der Waals surface area contributed by atoms with Crippen molar-refractivity contribution in [2.45, 2.75) is 6.92 Å². The number of carboxylic acid groups (broad SMARTS) is 1. The molecule has 2 aromatic heterocycles. The monoisotopic (exact) mass is 301 g/mol. The lowest BCUT2D eigenvalue weighted by atomic mass is 10.2. The first-order valence-electron chi connectivity index (χ1n) is 4.86. The van der Waals surface area contributed by atoms with Gasteiger partial charge in [0.2, 0.25) is 0 Å². The second-order valence-corrected chi connectivity index (χ2v) is 5.68. The molecule has 2 rings (SSSR count). The topological polar surface area (TPSA) is 66.4 Å². The van der Waals surface area contributed by atoms with E-state index in [0.29, 0.717) is 15.6 Å². The molecule has 0 aliphatic heterocycles. The van der Waals surface area contributed by atoms with E-state index >= 15 is 0 Å². The number of rotatable bonds is 3. The average molecular weight is 302 g/mol. The maximum absolute atomic E-state index is 11.9. The molecule has 7 heteroatoms. The van der Waals surface area contributed by atoms with E-state index in [0.717, 1.165) is 16.9 Å². The minimum absolute atomic E-state index is 0.119. The number of amides is 1. The lowest BCUT2D eigenvalue weighted by Gasteiger charge is -2.05. The van der Waals surface area contributed by atoms with Crippen molar-refractivity contribution in [2.24, 2.45) is 0 Å². The molecular weight excluding hydrogens is 294 g/mol. The highest BCUT2D eigenvalue weighted by molar-refractivity contribution is 7.13. The molecule has 2 heterocycles. The van der Waals surface area contributed by atoms with Crippen molar-refractivity contribution in [1.82, 2.24) is 0 Å². The standard InChI is InChI=1S/C11H8ClNO3S2/c1-5-4-18-9(11(15)16)7(5)13-10(14)8-6(12)2-3-17-8/h2-4H,1H3,(H,13,14)(H,15,16). The number of hydrogen-bond acceptors (Lipinski definition) is 4. The predicted octanol–water partition coefficient (Wildman–Crippen LogP) is 3.72. The van der Waals surface area contributed by atoms with Crippen molar-refractivity contribution in [3.8, 4) is 0 Å². The van der Waals surface area contributed by atoms with Crippen LogP contribution in [0, 0.1) is 6.92 Å². The summed E-state index contributed by atoms with van der Waals surface area (Å²) in [5.41, 5.74) is 1.06. The number of hydrogen-bond donors (Lipinski definition) is 2. The summed E-state index contributed by atoms with van der Waals surface area (Å²) < 4.78 is 0. The van der Waals surface area contributed by atoms with Crippen LogP contribution in [0.1, 0.15) is 24.9 Å². The van der Waals surface area contributed by atoms with Crippen LogP contribution in [0.2, 0.25) is 5.02 Å². The van der Waals surface area contributed by atoms with Crippen LogP contribution in [-0.4, -0.2) is 17.0 Å². The van der Waals surface area contributed by atoms with Gasteiger partial charge in [-0.3, -0.25) is 4.79 Å². The zero-order valence-corrected chi connectivity index (χ0v) is 11.6. The lowest BCUT2D eigenvalue weighted by molar-refractivity contribution is 0.0703. The minimum Gasteiger partial charge on any atom is -0.477 e. The van der Waals surface area contributed by atoms with Gasteiger partial charge in [0, 0.05) is 0 Å². The van der Waals surface area contributed by atoms with Crippen molar-refractivity contribution >= 4 is 51.8 Å². The average Bonchev–Trinajstić information content (AvgIpc) is 2.86. The molecule has 94 valence electrons. The summed E-state index contributed by atoms with van der Waals surface area (Å²) in [6.45, 7) is 1.74. The first-order valence-corrected chi connectivity index (χ1v) is 7.00. The third-order valence-corrected chi connectivity index (χ3v) is 4.66. The van der Waals surface area contributed by atoms with E-state index in [9.17, 15) is 9.59 Å². The summed E-state index contributed by atoms with van der Waals surface area (Å²) in [4.78, 5) is 23.4. The van der Waals surface area contributed by atoms with Gasteiger partial charge in [-0.2, -0.15) is 0 Å². The number of carboxylic acids is 1. The maximum atomic E-state index is 11.9. The zero-order valence-electron chi connectivity index (χ0n) is 9.19. The highest BCUT2D eigenvalue weighted by Gasteiger charge is 2.19. The lowest BCUT2D eigenvalue weighted by Crippen LogP contribution is -2.13. The molecule has 0 saturated heterocycles. The fourth-order valence-electron chi connectivity index (χ4n) is 1.38.